The minimum absolute atomic E-state index is 0.666. The Labute approximate surface area is 139 Å². The summed E-state index contributed by atoms with van der Waals surface area (Å²) in [5.74, 6) is 0.747. The second-order valence-corrected chi connectivity index (χ2v) is 6.20. The topological polar surface area (TPSA) is 67.4 Å². The molecule has 0 bridgehead atoms. The van der Waals surface area contributed by atoms with E-state index in [0.717, 1.165) is 27.7 Å². The van der Waals surface area contributed by atoms with Crippen LogP contribution in [-0.2, 0) is 5.75 Å². The van der Waals surface area contributed by atoms with Crippen molar-refractivity contribution in [1.29, 1.82) is 5.26 Å². The van der Waals surface area contributed by atoms with Gasteiger partial charge in [0.2, 0.25) is 5.16 Å². The van der Waals surface area contributed by atoms with E-state index in [1.54, 1.807) is 16.4 Å². The number of nitriles is 1. The van der Waals surface area contributed by atoms with Gasteiger partial charge in [0.25, 0.3) is 0 Å². The summed E-state index contributed by atoms with van der Waals surface area (Å²) in [5, 5.41) is 21.6. The molecule has 5 nitrogen and oxygen atoms in total. The third-order valence-corrected chi connectivity index (χ3v) is 4.48. The Bertz CT molecular complexity index is 861. The van der Waals surface area contributed by atoms with Crippen LogP contribution >= 0.6 is 11.8 Å². The van der Waals surface area contributed by atoms with Gasteiger partial charge in [-0.25, -0.2) is 0 Å². The van der Waals surface area contributed by atoms with Crippen LogP contribution < -0.4 is 0 Å². The highest BCUT2D eigenvalue weighted by atomic mass is 32.2. The predicted molar refractivity (Wildman–Crippen MR) is 89.3 cm³/mol. The molecule has 23 heavy (non-hydrogen) atoms. The molecule has 0 unspecified atom stereocenters. The van der Waals surface area contributed by atoms with Crippen molar-refractivity contribution in [1.82, 2.24) is 20.2 Å². The SMILES string of the molecule is Cc1ccc(C)c(-n2nnnc2SCc2ccc(C#N)cc2)c1. The normalized spacial score (nSPS) is 10.5. The number of benzene rings is 2. The van der Waals surface area contributed by atoms with Crippen LogP contribution in [0.15, 0.2) is 47.6 Å². The maximum atomic E-state index is 8.83. The van der Waals surface area contributed by atoms with Crippen molar-refractivity contribution in [2.24, 2.45) is 0 Å². The molecule has 1 aromatic heterocycles. The molecule has 0 fully saturated rings. The van der Waals surface area contributed by atoms with Gasteiger partial charge >= 0.3 is 0 Å². The van der Waals surface area contributed by atoms with E-state index in [9.17, 15) is 0 Å². The van der Waals surface area contributed by atoms with Gasteiger partial charge in [-0.3, -0.25) is 0 Å². The molecule has 114 valence electrons. The van der Waals surface area contributed by atoms with Gasteiger partial charge in [0.15, 0.2) is 0 Å². The Balaban J connectivity index is 1.81. The van der Waals surface area contributed by atoms with Crippen molar-refractivity contribution in [2.75, 3.05) is 0 Å². The Kier molecular flexibility index (Phi) is 4.40. The summed E-state index contributed by atoms with van der Waals surface area (Å²) in [5.41, 5.74) is 5.09. The van der Waals surface area contributed by atoms with E-state index in [1.807, 2.05) is 31.2 Å². The number of tetrazole rings is 1. The lowest BCUT2D eigenvalue weighted by atomic mass is 10.1. The largest absolute Gasteiger partial charge is 0.214 e. The Morgan fingerprint density at radius 3 is 2.65 bits per heavy atom. The maximum absolute atomic E-state index is 8.83. The van der Waals surface area contributed by atoms with Gasteiger partial charge in [-0.05, 0) is 59.2 Å². The second kappa shape index (κ2) is 6.63. The van der Waals surface area contributed by atoms with Crippen molar-refractivity contribution in [3.05, 3.63) is 64.7 Å². The lowest BCUT2D eigenvalue weighted by Gasteiger charge is -2.08. The number of hydrogen-bond acceptors (Lipinski definition) is 5. The fraction of sp³-hybridized carbons (Fsp3) is 0.176. The summed E-state index contributed by atoms with van der Waals surface area (Å²) in [4.78, 5) is 0. The standard InChI is InChI=1S/C17H15N5S/c1-12-3-4-13(2)16(9-12)22-17(19-20-21-22)23-11-15-7-5-14(10-18)6-8-15/h3-9H,11H2,1-2H3. The van der Waals surface area contributed by atoms with Gasteiger partial charge in [-0.2, -0.15) is 9.94 Å². The minimum atomic E-state index is 0.666. The molecule has 0 aliphatic heterocycles. The third-order valence-electron chi connectivity index (χ3n) is 3.48. The summed E-state index contributed by atoms with van der Waals surface area (Å²) in [6, 6.07) is 15.9. The van der Waals surface area contributed by atoms with E-state index in [4.69, 9.17) is 5.26 Å². The summed E-state index contributed by atoms with van der Waals surface area (Å²) in [7, 11) is 0. The zero-order chi connectivity index (χ0) is 16.2. The highest BCUT2D eigenvalue weighted by molar-refractivity contribution is 7.98. The Morgan fingerprint density at radius 2 is 1.91 bits per heavy atom. The average molecular weight is 321 g/mol. The molecule has 0 atom stereocenters. The molecule has 0 amide bonds. The second-order valence-electron chi connectivity index (χ2n) is 5.26. The van der Waals surface area contributed by atoms with Crippen molar-refractivity contribution < 1.29 is 0 Å². The van der Waals surface area contributed by atoms with Crippen molar-refractivity contribution in [3.8, 4) is 11.8 Å². The monoisotopic (exact) mass is 321 g/mol. The first kappa shape index (κ1) is 15.3. The van der Waals surface area contributed by atoms with Crippen LogP contribution in [0.3, 0.4) is 0 Å². The quantitative estimate of drug-likeness (QED) is 0.689. The molecule has 0 radical (unpaired) electrons. The fourth-order valence-electron chi connectivity index (χ4n) is 2.19. The van der Waals surface area contributed by atoms with Gasteiger partial charge in [0, 0.05) is 5.75 Å². The smallest absolute Gasteiger partial charge is 0.192 e. The lowest BCUT2D eigenvalue weighted by Crippen LogP contribution is -2.02. The molecule has 6 heteroatoms. The van der Waals surface area contributed by atoms with E-state index in [-0.39, 0.29) is 0 Å². The summed E-state index contributed by atoms with van der Waals surface area (Å²) in [6.45, 7) is 4.10. The molecule has 0 spiro atoms. The first-order valence-electron chi connectivity index (χ1n) is 7.15. The number of thioether (sulfide) groups is 1. The van der Waals surface area contributed by atoms with Crippen molar-refractivity contribution in [2.45, 2.75) is 24.8 Å². The number of rotatable bonds is 4. The molecule has 0 N–H and O–H groups in total. The highest BCUT2D eigenvalue weighted by Gasteiger charge is 2.11. The van der Waals surface area contributed by atoms with Crippen LogP contribution in [0, 0.1) is 25.2 Å². The zero-order valence-corrected chi connectivity index (χ0v) is 13.7. The van der Waals surface area contributed by atoms with Crippen LogP contribution in [0.4, 0.5) is 0 Å². The zero-order valence-electron chi connectivity index (χ0n) is 12.9. The lowest BCUT2D eigenvalue weighted by molar-refractivity contribution is 0.751. The van der Waals surface area contributed by atoms with Crippen LogP contribution in [0.5, 0.6) is 0 Å². The van der Waals surface area contributed by atoms with Crippen LogP contribution in [0.2, 0.25) is 0 Å². The Morgan fingerprint density at radius 1 is 1.13 bits per heavy atom. The number of aryl methyl sites for hydroxylation is 2. The number of hydrogen-bond donors (Lipinski definition) is 0. The van der Waals surface area contributed by atoms with Gasteiger partial charge in [-0.15, -0.1) is 5.10 Å². The van der Waals surface area contributed by atoms with E-state index in [0.29, 0.717) is 5.56 Å². The number of aromatic nitrogens is 4. The molecule has 2 aromatic carbocycles. The molecular weight excluding hydrogens is 306 g/mol. The predicted octanol–water partition coefficient (Wildman–Crippen LogP) is 3.44. The van der Waals surface area contributed by atoms with Crippen LogP contribution in [-0.4, -0.2) is 20.2 Å². The molecule has 0 aliphatic carbocycles. The molecule has 0 aliphatic rings. The average Bonchev–Trinajstić information content (AvgIpc) is 3.04. The molecule has 0 saturated heterocycles. The van der Waals surface area contributed by atoms with Crippen molar-refractivity contribution >= 4 is 11.8 Å². The third kappa shape index (κ3) is 3.41. The molecule has 3 aromatic rings. The Hall–Kier alpha value is -2.65. The van der Waals surface area contributed by atoms with E-state index >= 15 is 0 Å². The summed E-state index contributed by atoms with van der Waals surface area (Å²) in [6.07, 6.45) is 0. The van der Waals surface area contributed by atoms with Gasteiger partial charge in [-0.1, -0.05) is 36.0 Å². The van der Waals surface area contributed by atoms with E-state index < -0.39 is 0 Å². The first-order valence-corrected chi connectivity index (χ1v) is 8.14. The van der Waals surface area contributed by atoms with Crippen LogP contribution in [0.1, 0.15) is 22.3 Å². The van der Waals surface area contributed by atoms with Gasteiger partial charge in [0.05, 0.1) is 17.3 Å². The van der Waals surface area contributed by atoms with E-state index in [2.05, 4.69) is 46.7 Å². The highest BCUT2D eigenvalue weighted by Crippen LogP contribution is 2.24. The van der Waals surface area contributed by atoms with Gasteiger partial charge < -0.3 is 0 Å². The molecular formula is C17H15N5S. The summed E-state index contributed by atoms with van der Waals surface area (Å²) >= 11 is 1.57. The fourth-order valence-corrected chi connectivity index (χ4v) is 3.03. The minimum Gasteiger partial charge on any atom is -0.192 e. The first-order chi connectivity index (χ1) is 11.2. The number of nitrogens with zero attached hydrogens (tertiary/aromatic N) is 5. The maximum Gasteiger partial charge on any atom is 0.214 e. The summed E-state index contributed by atoms with van der Waals surface area (Å²) < 4.78 is 1.77. The van der Waals surface area contributed by atoms with Crippen molar-refractivity contribution in [3.63, 3.8) is 0 Å². The van der Waals surface area contributed by atoms with E-state index in [1.165, 1.54) is 5.56 Å². The molecule has 1 heterocycles. The molecule has 3 rings (SSSR count). The van der Waals surface area contributed by atoms with Gasteiger partial charge in [0.1, 0.15) is 0 Å². The molecule has 0 saturated carbocycles. The van der Waals surface area contributed by atoms with Crippen LogP contribution in [0.25, 0.3) is 5.69 Å².